The van der Waals surface area contributed by atoms with Crippen LogP contribution in [0.5, 0.6) is 0 Å². The van der Waals surface area contributed by atoms with Gasteiger partial charge in [-0.25, -0.2) is 4.39 Å². The Morgan fingerprint density at radius 1 is 1.37 bits per heavy atom. The van der Waals surface area contributed by atoms with Crippen LogP contribution in [0.3, 0.4) is 0 Å². The zero-order chi connectivity index (χ0) is 14.2. The number of aryl methyl sites for hydroxylation is 1. The van der Waals surface area contributed by atoms with E-state index in [1.54, 1.807) is 17.9 Å². The lowest BCUT2D eigenvalue weighted by Crippen LogP contribution is -1.96. The first-order valence-corrected chi connectivity index (χ1v) is 5.88. The van der Waals surface area contributed by atoms with Crippen LogP contribution in [-0.4, -0.2) is 14.7 Å². The van der Waals surface area contributed by atoms with E-state index in [-0.39, 0.29) is 11.6 Å². The van der Waals surface area contributed by atoms with Gasteiger partial charge < -0.3 is 0 Å². The second kappa shape index (κ2) is 4.79. The van der Waals surface area contributed by atoms with E-state index in [2.05, 4.69) is 5.10 Å². The van der Waals surface area contributed by atoms with Crippen molar-refractivity contribution in [1.29, 1.82) is 0 Å². The van der Waals surface area contributed by atoms with Gasteiger partial charge in [0.1, 0.15) is 5.82 Å². The normalized spacial score (nSPS) is 11.0. The van der Waals surface area contributed by atoms with Gasteiger partial charge in [0.2, 0.25) is 0 Å². The molecule has 5 nitrogen and oxygen atoms in total. The summed E-state index contributed by atoms with van der Waals surface area (Å²) in [6.07, 6.45) is 1.72. The van der Waals surface area contributed by atoms with E-state index in [1.165, 1.54) is 12.1 Å². The number of hydrogen-bond acceptors (Lipinski definition) is 3. The number of nitro benzene ring substituents is 1. The summed E-state index contributed by atoms with van der Waals surface area (Å²) < 4.78 is 14.8. The summed E-state index contributed by atoms with van der Waals surface area (Å²) in [6, 6.07) is 3.59. The molecule has 1 heterocycles. The summed E-state index contributed by atoms with van der Waals surface area (Å²) in [4.78, 5) is 10.5. The molecule has 2 rings (SSSR count). The van der Waals surface area contributed by atoms with Crippen molar-refractivity contribution in [1.82, 2.24) is 9.78 Å². The maximum absolute atomic E-state index is 13.2. The van der Waals surface area contributed by atoms with Crippen LogP contribution in [0.25, 0.3) is 11.1 Å². The summed E-state index contributed by atoms with van der Waals surface area (Å²) in [6.45, 7) is 3.92. The van der Waals surface area contributed by atoms with Crippen molar-refractivity contribution in [3.05, 3.63) is 46.0 Å². The Bertz CT molecular complexity index is 635. The van der Waals surface area contributed by atoms with E-state index in [0.717, 1.165) is 11.8 Å². The Morgan fingerprint density at radius 2 is 2.05 bits per heavy atom. The fraction of sp³-hybridized carbons (Fsp3) is 0.308. The van der Waals surface area contributed by atoms with Gasteiger partial charge in [-0.05, 0) is 18.1 Å². The van der Waals surface area contributed by atoms with Gasteiger partial charge in [-0.1, -0.05) is 13.8 Å². The highest BCUT2D eigenvalue weighted by atomic mass is 19.1. The smallest absolute Gasteiger partial charge is 0.275 e. The Kier molecular flexibility index (Phi) is 3.33. The molecule has 0 unspecified atom stereocenters. The summed E-state index contributed by atoms with van der Waals surface area (Å²) in [5.74, 6) is -0.494. The molecule has 100 valence electrons. The predicted molar refractivity (Wildman–Crippen MR) is 69.3 cm³/mol. The molecule has 0 N–H and O–H groups in total. The van der Waals surface area contributed by atoms with E-state index in [1.807, 2.05) is 13.8 Å². The molecular weight excluding hydrogens is 249 g/mol. The van der Waals surface area contributed by atoms with Crippen molar-refractivity contribution in [2.45, 2.75) is 19.8 Å². The van der Waals surface area contributed by atoms with Crippen LogP contribution in [0.15, 0.2) is 24.4 Å². The maximum atomic E-state index is 13.2. The van der Waals surface area contributed by atoms with Crippen LogP contribution in [0.1, 0.15) is 25.5 Å². The molecule has 0 aliphatic carbocycles. The third-order valence-corrected chi connectivity index (χ3v) is 2.85. The predicted octanol–water partition coefficient (Wildman–Crippen LogP) is 3.26. The van der Waals surface area contributed by atoms with Gasteiger partial charge in [0.15, 0.2) is 0 Å². The van der Waals surface area contributed by atoms with Gasteiger partial charge in [0.25, 0.3) is 5.69 Å². The SMILES string of the molecule is CC(C)c1nn(C)cc1-c1ccc(F)cc1[N+](=O)[O-]. The molecule has 0 spiro atoms. The Hall–Kier alpha value is -2.24. The number of benzene rings is 1. The highest BCUT2D eigenvalue weighted by molar-refractivity contribution is 5.75. The molecule has 0 bridgehead atoms. The summed E-state index contributed by atoms with van der Waals surface area (Å²) in [7, 11) is 1.75. The molecule has 0 aliphatic rings. The van der Waals surface area contributed by atoms with Crippen LogP contribution in [0, 0.1) is 15.9 Å². The van der Waals surface area contributed by atoms with Gasteiger partial charge in [-0.2, -0.15) is 5.10 Å². The van der Waals surface area contributed by atoms with E-state index in [9.17, 15) is 14.5 Å². The van der Waals surface area contributed by atoms with Crippen molar-refractivity contribution in [2.24, 2.45) is 7.05 Å². The van der Waals surface area contributed by atoms with Crippen molar-refractivity contribution >= 4 is 5.69 Å². The highest BCUT2D eigenvalue weighted by Gasteiger charge is 2.22. The van der Waals surface area contributed by atoms with Crippen molar-refractivity contribution in [3.8, 4) is 11.1 Å². The largest absolute Gasteiger partial charge is 0.280 e. The zero-order valence-corrected chi connectivity index (χ0v) is 10.9. The number of nitro groups is 1. The Balaban J connectivity index is 2.68. The number of nitrogens with zero attached hydrogens (tertiary/aromatic N) is 3. The minimum Gasteiger partial charge on any atom is -0.275 e. The quantitative estimate of drug-likeness (QED) is 0.630. The second-order valence-electron chi connectivity index (χ2n) is 4.67. The Labute approximate surface area is 109 Å². The standard InChI is InChI=1S/C13H14FN3O2/c1-8(2)13-11(7-16(3)15-13)10-5-4-9(14)6-12(10)17(18)19/h4-8H,1-3H3. The average molecular weight is 263 g/mol. The molecule has 0 saturated carbocycles. The third kappa shape index (κ3) is 2.47. The summed E-state index contributed by atoms with van der Waals surface area (Å²) >= 11 is 0. The van der Waals surface area contributed by atoms with E-state index < -0.39 is 10.7 Å². The molecule has 19 heavy (non-hydrogen) atoms. The fourth-order valence-corrected chi connectivity index (χ4v) is 2.02. The van der Waals surface area contributed by atoms with Crippen LogP contribution in [0.4, 0.5) is 10.1 Å². The molecule has 0 fully saturated rings. The lowest BCUT2D eigenvalue weighted by molar-refractivity contribution is -0.384. The minimum absolute atomic E-state index is 0.126. The molecule has 0 saturated heterocycles. The van der Waals surface area contributed by atoms with Gasteiger partial charge in [-0.3, -0.25) is 14.8 Å². The number of hydrogen-bond donors (Lipinski definition) is 0. The van der Waals surface area contributed by atoms with Crippen molar-refractivity contribution in [2.75, 3.05) is 0 Å². The van der Waals surface area contributed by atoms with Gasteiger partial charge in [0, 0.05) is 18.8 Å². The highest BCUT2D eigenvalue weighted by Crippen LogP contribution is 2.34. The summed E-state index contributed by atoms with van der Waals surface area (Å²) in [5.41, 5.74) is 1.58. The van der Waals surface area contributed by atoms with E-state index in [4.69, 9.17) is 0 Å². The van der Waals surface area contributed by atoms with Crippen LogP contribution < -0.4 is 0 Å². The van der Waals surface area contributed by atoms with Crippen molar-refractivity contribution < 1.29 is 9.31 Å². The molecule has 6 heteroatoms. The van der Waals surface area contributed by atoms with E-state index in [0.29, 0.717) is 11.1 Å². The number of aromatic nitrogens is 2. The molecule has 0 aliphatic heterocycles. The van der Waals surface area contributed by atoms with Crippen LogP contribution >= 0.6 is 0 Å². The van der Waals surface area contributed by atoms with Crippen LogP contribution in [-0.2, 0) is 7.05 Å². The summed E-state index contributed by atoms with van der Waals surface area (Å²) in [5, 5.41) is 15.4. The zero-order valence-electron chi connectivity index (χ0n) is 10.9. The van der Waals surface area contributed by atoms with E-state index >= 15 is 0 Å². The monoisotopic (exact) mass is 263 g/mol. The minimum atomic E-state index is -0.620. The fourth-order valence-electron chi connectivity index (χ4n) is 2.02. The molecule has 0 atom stereocenters. The average Bonchev–Trinajstić information content (AvgIpc) is 2.71. The third-order valence-electron chi connectivity index (χ3n) is 2.85. The lowest BCUT2D eigenvalue weighted by Gasteiger charge is -2.06. The second-order valence-corrected chi connectivity index (χ2v) is 4.67. The van der Waals surface area contributed by atoms with Crippen LogP contribution in [0.2, 0.25) is 0 Å². The molecule has 0 amide bonds. The lowest BCUT2D eigenvalue weighted by atomic mass is 9.99. The first-order valence-electron chi connectivity index (χ1n) is 5.88. The molecule has 0 radical (unpaired) electrons. The molecule has 2 aromatic rings. The van der Waals surface area contributed by atoms with Gasteiger partial charge in [0.05, 0.1) is 22.2 Å². The first-order chi connectivity index (χ1) is 8.90. The van der Waals surface area contributed by atoms with Crippen molar-refractivity contribution in [3.63, 3.8) is 0 Å². The number of rotatable bonds is 3. The van der Waals surface area contributed by atoms with Gasteiger partial charge >= 0.3 is 0 Å². The first kappa shape index (κ1) is 13.2. The maximum Gasteiger partial charge on any atom is 0.280 e. The van der Waals surface area contributed by atoms with Gasteiger partial charge in [-0.15, -0.1) is 0 Å². The Morgan fingerprint density at radius 3 is 2.63 bits per heavy atom. The molecule has 1 aromatic carbocycles. The number of halogens is 1. The molecule has 1 aromatic heterocycles. The molecular formula is C13H14FN3O2. The topological polar surface area (TPSA) is 61.0 Å².